The Labute approximate surface area is 84.6 Å². The van der Waals surface area contributed by atoms with Crippen molar-refractivity contribution < 1.29 is 9.90 Å². The molecule has 0 spiro atoms. The summed E-state index contributed by atoms with van der Waals surface area (Å²) in [4.78, 5) is 10.4. The van der Waals surface area contributed by atoms with E-state index in [0.717, 1.165) is 25.7 Å². The van der Waals surface area contributed by atoms with Crippen molar-refractivity contribution in [3.05, 3.63) is 0 Å². The first-order valence-electron chi connectivity index (χ1n) is 5.02. The minimum Gasteiger partial charge on any atom is -0.480 e. The van der Waals surface area contributed by atoms with Crippen LogP contribution in [0.15, 0.2) is 0 Å². The zero-order valence-electron chi connectivity index (χ0n) is 8.48. The summed E-state index contributed by atoms with van der Waals surface area (Å²) >= 11 is 0. The fraction of sp³-hybridized carbons (Fsp3) is 0.889. The summed E-state index contributed by atoms with van der Waals surface area (Å²) in [5, 5.41) is 8.52. The van der Waals surface area contributed by atoms with E-state index in [-0.39, 0.29) is 6.04 Å². The maximum absolute atomic E-state index is 10.4. The first-order valence-corrected chi connectivity index (χ1v) is 5.02. The Morgan fingerprint density at radius 1 is 1.14 bits per heavy atom. The van der Waals surface area contributed by atoms with Crippen LogP contribution >= 0.6 is 0 Å². The molecule has 7 N–H and O–H groups in total. The Bertz CT molecular complexity index is 164. The van der Waals surface area contributed by atoms with Gasteiger partial charge in [0.25, 0.3) is 0 Å². The number of carboxylic acids is 1. The molecule has 0 rings (SSSR count). The third-order valence-corrected chi connectivity index (χ3v) is 2.19. The van der Waals surface area contributed by atoms with Crippen molar-refractivity contribution in [2.24, 2.45) is 17.2 Å². The monoisotopic (exact) mass is 203 g/mol. The van der Waals surface area contributed by atoms with Gasteiger partial charge in [0, 0.05) is 6.04 Å². The van der Waals surface area contributed by atoms with Crippen molar-refractivity contribution in [3.63, 3.8) is 0 Å². The predicted molar refractivity (Wildman–Crippen MR) is 55.7 cm³/mol. The number of hydrogen-bond donors (Lipinski definition) is 4. The lowest BCUT2D eigenvalue weighted by Crippen LogP contribution is -2.30. The van der Waals surface area contributed by atoms with Crippen LogP contribution in [0.5, 0.6) is 0 Å². The topological polar surface area (TPSA) is 115 Å². The van der Waals surface area contributed by atoms with E-state index in [0.29, 0.717) is 13.0 Å². The summed E-state index contributed by atoms with van der Waals surface area (Å²) in [6.07, 6.45) is 3.90. The molecule has 0 aromatic rings. The molecule has 0 aliphatic carbocycles. The average molecular weight is 203 g/mol. The van der Waals surface area contributed by atoms with Crippen LogP contribution < -0.4 is 17.2 Å². The van der Waals surface area contributed by atoms with E-state index in [1.165, 1.54) is 0 Å². The van der Waals surface area contributed by atoms with E-state index in [1.54, 1.807) is 0 Å². The summed E-state index contributed by atoms with van der Waals surface area (Å²) in [6.45, 7) is 0.655. The zero-order valence-corrected chi connectivity index (χ0v) is 8.48. The molecule has 0 fully saturated rings. The standard InChI is InChI=1S/C9H21N3O2/c10-6-2-4-7(11)3-1-5-8(12)9(13)14/h7-8H,1-6,10-12H2,(H,13,14)/t7?,8-/m0/s1. The number of carbonyl (C=O) groups is 1. The van der Waals surface area contributed by atoms with Gasteiger partial charge in [-0.1, -0.05) is 0 Å². The first kappa shape index (κ1) is 13.4. The van der Waals surface area contributed by atoms with E-state index >= 15 is 0 Å². The summed E-state index contributed by atoms with van der Waals surface area (Å²) in [6, 6.07) is -0.628. The Balaban J connectivity index is 3.39. The summed E-state index contributed by atoms with van der Waals surface area (Å²) in [7, 11) is 0. The van der Waals surface area contributed by atoms with Crippen LogP contribution in [-0.4, -0.2) is 29.7 Å². The molecule has 0 radical (unpaired) electrons. The minimum absolute atomic E-state index is 0.125. The molecule has 0 saturated heterocycles. The van der Waals surface area contributed by atoms with Crippen LogP contribution in [0, 0.1) is 0 Å². The Morgan fingerprint density at radius 3 is 2.21 bits per heavy atom. The van der Waals surface area contributed by atoms with Gasteiger partial charge < -0.3 is 22.3 Å². The lowest BCUT2D eigenvalue weighted by Gasteiger charge is -2.11. The molecule has 0 aromatic carbocycles. The second kappa shape index (κ2) is 7.73. The third kappa shape index (κ3) is 6.82. The molecule has 84 valence electrons. The van der Waals surface area contributed by atoms with Crippen molar-refractivity contribution in [1.82, 2.24) is 0 Å². The van der Waals surface area contributed by atoms with E-state index in [4.69, 9.17) is 22.3 Å². The molecule has 0 aliphatic heterocycles. The van der Waals surface area contributed by atoms with E-state index in [1.807, 2.05) is 0 Å². The maximum atomic E-state index is 10.4. The highest BCUT2D eigenvalue weighted by Crippen LogP contribution is 2.05. The number of hydrogen-bond acceptors (Lipinski definition) is 4. The van der Waals surface area contributed by atoms with Crippen LogP contribution in [0.25, 0.3) is 0 Å². The van der Waals surface area contributed by atoms with Crippen LogP contribution in [0.3, 0.4) is 0 Å². The van der Waals surface area contributed by atoms with Gasteiger partial charge in [-0.05, 0) is 38.6 Å². The summed E-state index contributed by atoms with van der Waals surface area (Å²) < 4.78 is 0. The van der Waals surface area contributed by atoms with Crippen LogP contribution in [0.4, 0.5) is 0 Å². The third-order valence-electron chi connectivity index (χ3n) is 2.19. The SMILES string of the molecule is NCCCC(N)CCC[C@H](N)C(=O)O. The van der Waals surface area contributed by atoms with Gasteiger partial charge in [-0.25, -0.2) is 0 Å². The quantitative estimate of drug-likeness (QED) is 0.430. The van der Waals surface area contributed by atoms with Crippen molar-refractivity contribution >= 4 is 5.97 Å². The van der Waals surface area contributed by atoms with Crippen LogP contribution in [0.2, 0.25) is 0 Å². The maximum Gasteiger partial charge on any atom is 0.320 e. The number of rotatable bonds is 8. The zero-order chi connectivity index (χ0) is 11.0. The second-order valence-electron chi connectivity index (χ2n) is 3.57. The smallest absolute Gasteiger partial charge is 0.320 e. The van der Waals surface area contributed by atoms with Crippen molar-refractivity contribution in [2.45, 2.75) is 44.2 Å². The number of nitrogens with two attached hydrogens (primary N) is 3. The predicted octanol–water partition coefficient (Wildman–Crippen LogP) is -0.365. The van der Waals surface area contributed by atoms with Gasteiger partial charge >= 0.3 is 5.97 Å². The highest BCUT2D eigenvalue weighted by molar-refractivity contribution is 5.72. The van der Waals surface area contributed by atoms with E-state index in [2.05, 4.69) is 0 Å². The molecule has 0 aromatic heterocycles. The van der Waals surface area contributed by atoms with Gasteiger partial charge in [0.15, 0.2) is 0 Å². The molecule has 0 amide bonds. The number of aliphatic carboxylic acids is 1. The summed E-state index contributed by atoms with van der Waals surface area (Å²) in [5.41, 5.74) is 16.5. The molecule has 5 nitrogen and oxygen atoms in total. The van der Waals surface area contributed by atoms with Gasteiger partial charge in [-0.15, -0.1) is 0 Å². The molecular weight excluding hydrogens is 182 g/mol. The number of carboxylic acid groups (broad SMARTS) is 1. The summed E-state index contributed by atoms with van der Waals surface area (Å²) in [5.74, 6) is -0.944. The van der Waals surface area contributed by atoms with Gasteiger partial charge in [-0.2, -0.15) is 0 Å². The molecule has 2 atom stereocenters. The molecule has 0 aliphatic rings. The largest absolute Gasteiger partial charge is 0.480 e. The van der Waals surface area contributed by atoms with Gasteiger partial charge in [0.2, 0.25) is 0 Å². The molecule has 1 unspecified atom stereocenters. The molecule has 0 saturated carbocycles. The van der Waals surface area contributed by atoms with Crippen LogP contribution in [0.1, 0.15) is 32.1 Å². The fourth-order valence-electron chi connectivity index (χ4n) is 1.25. The van der Waals surface area contributed by atoms with Crippen LogP contribution in [-0.2, 0) is 4.79 Å². The van der Waals surface area contributed by atoms with Gasteiger partial charge in [0.1, 0.15) is 6.04 Å². The second-order valence-corrected chi connectivity index (χ2v) is 3.57. The molecule has 0 bridgehead atoms. The Kier molecular flexibility index (Phi) is 7.37. The first-order chi connectivity index (χ1) is 6.57. The average Bonchev–Trinajstić information content (AvgIpc) is 2.14. The van der Waals surface area contributed by atoms with Crippen molar-refractivity contribution in [2.75, 3.05) is 6.54 Å². The molecule has 5 heteroatoms. The van der Waals surface area contributed by atoms with Crippen molar-refractivity contribution in [3.8, 4) is 0 Å². The van der Waals surface area contributed by atoms with E-state index < -0.39 is 12.0 Å². The fourth-order valence-corrected chi connectivity index (χ4v) is 1.25. The minimum atomic E-state index is -0.944. The Hall–Kier alpha value is -0.650. The normalized spacial score (nSPS) is 15.1. The van der Waals surface area contributed by atoms with Gasteiger partial charge in [-0.3, -0.25) is 4.79 Å². The lowest BCUT2D eigenvalue weighted by molar-refractivity contribution is -0.138. The van der Waals surface area contributed by atoms with Gasteiger partial charge in [0.05, 0.1) is 0 Å². The van der Waals surface area contributed by atoms with Crippen molar-refractivity contribution in [1.29, 1.82) is 0 Å². The molecular formula is C9H21N3O2. The Morgan fingerprint density at radius 2 is 1.71 bits per heavy atom. The highest BCUT2D eigenvalue weighted by atomic mass is 16.4. The lowest BCUT2D eigenvalue weighted by atomic mass is 10.0. The van der Waals surface area contributed by atoms with E-state index in [9.17, 15) is 4.79 Å². The molecule has 0 heterocycles. The highest BCUT2D eigenvalue weighted by Gasteiger charge is 2.11. The molecule has 14 heavy (non-hydrogen) atoms.